The van der Waals surface area contributed by atoms with E-state index < -0.39 is 5.69 Å². The van der Waals surface area contributed by atoms with Gasteiger partial charge in [-0.2, -0.15) is 0 Å². The minimum absolute atomic E-state index is 0.0863. The Labute approximate surface area is 120 Å². The number of hydrogen-bond acceptors (Lipinski definition) is 2. The highest BCUT2D eigenvalue weighted by Crippen LogP contribution is 2.25. The molecular formula is C13H14Cl2N2O2. The third-order valence-corrected chi connectivity index (χ3v) is 3.26. The van der Waals surface area contributed by atoms with Crippen LogP contribution in [-0.4, -0.2) is 14.7 Å². The third-order valence-electron chi connectivity index (χ3n) is 2.83. The van der Waals surface area contributed by atoms with E-state index in [0.717, 1.165) is 12.8 Å². The molecule has 1 aromatic heterocycles. The number of hydrogen-bond donors (Lipinski definition) is 2. The summed E-state index contributed by atoms with van der Waals surface area (Å²) in [6.07, 6.45) is 2.50. The summed E-state index contributed by atoms with van der Waals surface area (Å²) in [5.74, 6) is -0.0863. The highest BCUT2D eigenvalue weighted by molar-refractivity contribution is 6.34. The molecule has 2 N–H and O–H groups in total. The molecule has 1 aromatic carbocycles. The molecule has 0 saturated carbocycles. The smallest absolute Gasteiger partial charge is 0.333 e. The summed E-state index contributed by atoms with van der Waals surface area (Å²) in [4.78, 5) is 14.6. The van der Waals surface area contributed by atoms with Gasteiger partial charge in [0.2, 0.25) is 5.88 Å². The molecule has 2 aromatic rings. The van der Waals surface area contributed by atoms with Gasteiger partial charge >= 0.3 is 5.69 Å². The second-order valence-electron chi connectivity index (χ2n) is 4.30. The van der Waals surface area contributed by atoms with Gasteiger partial charge in [-0.25, -0.2) is 9.36 Å². The van der Waals surface area contributed by atoms with Crippen molar-refractivity contribution < 1.29 is 5.11 Å². The predicted octanol–water partition coefficient (Wildman–Crippen LogP) is 3.52. The number of aromatic nitrogens is 2. The zero-order valence-electron chi connectivity index (χ0n) is 10.4. The SMILES string of the molecule is CCCCc1[nH]c(=O)n(-c2cc(Cl)cc(Cl)c2)c1O. The van der Waals surface area contributed by atoms with Gasteiger partial charge in [-0.1, -0.05) is 36.5 Å². The first-order chi connectivity index (χ1) is 9.02. The number of H-pyrrole nitrogens is 1. The van der Waals surface area contributed by atoms with Crippen molar-refractivity contribution >= 4 is 23.2 Å². The third kappa shape index (κ3) is 2.96. The van der Waals surface area contributed by atoms with Crippen LogP contribution in [0.5, 0.6) is 5.88 Å². The van der Waals surface area contributed by atoms with Crippen molar-refractivity contribution in [2.75, 3.05) is 0 Å². The van der Waals surface area contributed by atoms with Gasteiger partial charge in [0.25, 0.3) is 0 Å². The van der Waals surface area contributed by atoms with Crippen LogP contribution in [0.3, 0.4) is 0 Å². The molecule has 2 rings (SSSR count). The molecule has 102 valence electrons. The minimum atomic E-state index is -0.401. The average Bonchev–Trinajstić information content (AvgIpc) is 2.60. The van der Waals surface area contributed by atoms with Crippen LogP contribution in [0.1, 0.15) is 25.5 Å². The molecule has 19 heavy (non-hydrogen) atoms. The maximum Gasteiger partial charge on any atom is 0.333 e. The molecule has 0 spiro atoms. The van der Waals surface area contributed by atoms with Crippen LogP contribution in [0, 0.1) is 0 Å². The molecular weight excluding hydrogens is 287 g/mol. The van der Waals surface area contributed by atoms with E-state index in [1.54, 1.807) is 18.2 Å². The van der Waals surface area contributed by atoms with E-state index in [1.807, 2.05) is 6.92 Å². The largest absolute Gasteiger partial charge is 0.493 e. The summed E-state index contributed by atoms with van der Waals surface area (Å²) in [5.41, 5.74) is 0.573. The van der Waals surface area contributed by atoms with E-state index in [1.165, 1.54) is 4.57 Å². The van der Waals surface area contributed by atoms with Gasteiger partial charge in [0, 0.05) is 10.0 Å². The van der Waals surface area contributed by atoms with Crippen LogP contribution in [-0.2, 0) is 6.42 Å². The van der Waals surface area contributed by atoms with Crippen molar-refractivity contribution in [3.8, 4) is 11.6 Å². The summed E-state index contributed by atoms with van der Waals surface area (Å²) < 4.78 is 1.17. The predicted molar refractivity (Wildman–Crippen MR) is 76.7 cm³/mol. The zero-order chi connectivity index (χ0) is 14.0. The van der Waals surface area contributed by atoms with Gasteiger partial charge < -0.3 is 10.1 Å². The number of unbranched alkanes of at least 4 members (excludes halogenated alkanes) is 1. The number of aryl methyl sites for hydroxylation is 1. The highest BCUT2D eigenvalue weighted by Gasteiger charge is 2.14. The minimum Gasteiger partial charge on any atom is -0.493 e. The zero-order valence-corrected chi connectivity index (χ0v) is 11.9. The Balaban J connectivity index is 2.50. The molecule has 1 heterocycles. The highest BCUT2D eigenvalue weighted by atomic mass is 35.5. The van der Waals surface area contributed by atoms with Gasteiger partial charge in [-0.05, 0) is 31.0 Å². The monoisotopic (exact) mass is 300 g/mol. The van der Waals surface area contributed by atoms with Crippen LogP contribution < -0.4 is 5.69 Å². The summed E-state index contributed by atoms with van der Waals surface area (Å²) in [7, 11) is 0. The first-order valence-corrected chi connectivity index (χ1v) is 6.78. The number of rotatable bonds is 4. The first kappa shape index (κ1) is 14.0. The van der Waals surface area contributed by atoms with Crippen molar-refractivity contribution in [2.45, 2.75) is 26.2 Å². The summed E-state index contributed by atoms with van der Waals surface area (Å²) in [6, 6.07) is 4.72. The van der Waals surface area contributed by atoms with E-state index in [4.69, 9.17) is 23.2 Å². The fourth-order valence-electron chi connectivity index (χ4n) is 1.91. The van der Waals surface area contributed by atoms with Gasteiger partial charge in [0.15, 0.2) is 0 Å². The van der Waals surface area contributed by atoms with Gasteiger partial charge in [0.05, 0.1) is 11.4 Å². The maximum atomic E-state index is 11.9. The Kier molecular flexibility index (Phi) is 4.22. The van der Waals surface area contributed by atoms with Crippen LogP contribution in [0.4, 0.5) is 0 Å². The number of nitrogens with zero attached hydrogens (tertiary/aromatic N) is 1. The lowest BCUT2D eigenvalue weighted by Gasteiger charge is -2.05. The molecule has 6 heteroatoms. The fourth-order valence-corrected chi connectivity index (χ4v) is 2.42. The molecule has 0 radical (unpaired) electrons. The molecule has 0 aliphatic carbocycles. The normalized spacial score (nSPS) is 10.9. The van der Waals surface area contributed by atoms with Crippen LogP contribution >= 0.6 is 23.2 Å². The number of nitrogens with one attached hydrogen (secondary N) is 1. The quantitative estimate of drug-likeness (QED) is 0.907. The number of imidazole rings is 1. The van der Waals surface area contributed by atoms with Crippen LogP contribution in [0.25, 0.3) is 5.69 Å². The van der Waals surface area contributed by atoms with E-state index >= 15 is 0 Å². The topological polar surface area (TPSA) is 58.0 Å². The Morgan fingerprint density at radius 1 is 1.26 bits per heavy atom. The molecule has 0 amide bonds. The maximum absolute atomic E-state index is 11.9. The molecule has 0 aliphatic rings. The standard InChI is InChI=1S/C13H14Cl2N2O2/c1-2-3-4-11-12(18)17(13(19)16-11)10-6-8(14)5-9(15)7-10/h5-7,18H,2-4H2,1H3,(H,16,19). The van der Waals surface area contributed by atoms with Crippen molar-refractivity contribution in [3.05, 3.63) is 44.4 Å². The van der Waals surface area contributed by atoms with Crippen molar-refractivity contribution in [1.82, 2.24) is 9.55 Å². The molecule has 0 aliphatic heterocycles. The first-order valence-electron chi connectivity index (χ1n) is 6.02. The summed E-state index contributed by atoms with van der Waals surface area (Å²) >= 11 is 11.8. The van der Waals surface area contributed by atoms with Gasteiger partial charge in [-0.3, -0.25) is 0 Å². The Morgan fingerprint density at radius 3 is 2.47 bits per heavy atom. The van der Waals surface area contributed by atoms with Crippen LogP contribution in [0.15, 0.2) is 23.0 Å². The van der Waals surface area contributed by atoms with E-state index in [2.05, 4.69) is 4.98 Å². The van der Waals surface area contributed by atoms with Crippen LogP contribution in [0.2, 0.25) is 10.0 Å². The second kappa shape index (κ2) is 5.72. The lowest BCUT2D eigenvalue weighted by molar-refractivity contribution is 0.433. The summed E-state index contributed by atoms with van der Waals surface area (Å²) in [5, 5.41) is 10.9. The number of halogens is 2. The number of benzene rings is 1. The molecule has 0 atom stereocenters. The molecule has 0 saturated heterocycles. The second-order valence-corrected chi connectivity index (χ2v) is 5.17. The van der Waals surface area contributed by atoms with E-state index in [0.29, 0.717) is 27.8 Å². The van der Waals surface area contributed by atoms with E-state index in [9.17, 15) is 9.90 Å². The summed E-state index contributed by atoms with van der Waals surface area (Å²) in [6.45, 7) is 2.04. The van der Waals surface area contributed by atoms with E-state index in [-0.39, 0.29) is 5.88 Å². The van der Waals surface area contributed by atoms with Crippen molar-refractivity contribution in [1.29, 1.82) is 0 Å². The van der Waals surface area contributed by atoms with Crippen molar-refractivity contribution in [3.63, 3.8) is 0 Å². The lowest BCUT2D eigenvalue weighted by atomic mass is 10.2. The van der Waals surface area contributed by atoms with Gasteiger partial charge in [0.1, 0.15) is 0 Å². The van der Waals surface area contributed by atoms with Gasteiger partial charge in [-0.15, -0.1) is 0 Å². The molecule has 0 bridgehead atoms. The van der Waals surface area contributed by atoms with Crippen molar-refractivity contribution in [2.24, 2.45) is 0 Å². The fraction of sp³-hybridized carbons (Fsp3) is 0.308. The molecule has 0 unspecified atom stereocenters. The Morgan fingerprint density at radius 2 is 1.89 bits per heavy atom. The Hall–Kier alpha value is -1.39. The number of aromatic hydroxyl groups is 1. The molecule has 4 nitrogen and oxygen atoms in total. The Bertz CT molecular complexity index is 626. The average molecular weight is 301 g/mol. The number of aromatic amines is 1. The molecule has 0 fully saturated rings. The lowest BCUT2D eigenvalue weighted by Crippen LogP contribution is -2.14.